The third-order valence-electron chi connectivity index (χ3n) is 4.02. The van der Waals surface area contributed by atoms with Crippen LogP contribution in [0.15, 0.2) is 54.6 Å². The first-order valence-corrected chi connectivity index (χ1v) is 7.77. The van der Waals surface area contributed by atoms with E-state index < -0.39 is 5.60 Å². The molecule has 0 radical (unpaired) electrons. The highest BCUT2D eigenvalue weighted by Gasteiger charge is 2.30. The van der Waals surface area contributed by atoms with E-state index in [1.165, 1.54) is 0 Å². The maximum Gasteiger partial charge on any atom is 0.119 e. The van der Waals surface area contributed by atoms with E-state index in [0.29, 0.717) is 12.5 Å². The van der Waals surface area contributed by atoms with E-state index in [1.54, 1.807) is 0 Å². The Morgan fingerprint density at radius 2 is 1.62 bits per heavy atom. The fraction of sp³-hybridized carbons (Fsp3) is 0.368. The molecule has 0 bridgehead atoms. The number of ether oxygens (including phenoxy) is 1. The summed E-state index contributed by atoms with van der Waals surface area (Å²) in [6.45, 7) is 2.10. The molecule has 1 atom stereocenters. The molecule has 0 saturated heterocycles. The Morgan fingerprint density at radius 3 is 2.19 bits per heavy atom. The zero-order chi connectivity index (χ0) is 14.7. The van der Waals surface area contributed by atoms with Crippen molar-refractivity contribution in [3.8, 4) is 5.75 Å². The number of hydrogen-bond acceptors (Lipinski definition) is 2. The molecule has 1 aliphatic carbocycles. The molecule has 2 nitrogen and oxygen atoms in total. The molecule has 1 aliphatic rings. The van der Waals surface area contributed by atoms with Crippen LogP contribution in [0.4, 0.5) is 0 Å². The molecule has 0 spiro atoms. The lowest BCUT2D eigenvalue weighted by molar-refractivity contribution is 0.0701. The van der Waals surface area contributed by atoms with Crippen LogP contribution in [-0.4, -0.2) is 11.2 Å². The second-order valence-corrected chi connectivity index (χ2v) is 5.82. The summed E-state index contributed by atoms with van der Waals surface area (Å²) in [7, 11) is 0. The van der Waals surface area contributed by atoms with Gasteiger partial charge in [0.25, 0.3) is 0 Å². The molecule has 21 heavy (non-hydrogen) atoms. The van der Waals surface area contributed by atoms with Gasteiger partial charge in [0.15, 0.2) is 0 Å². The van der Waals surface area contributed by atoms with Crippen LogP contribution in [0.3, 0.4) is 0 Å². The highest BCUT2D eigenvalue weighted by Crippen LogP contribution is 2.35. The quantitative estimate of drug-likeness (QED) is 0.857. The van der Waals surface area contributed by atoms with Gasteiger partial charge in [-0.05, 0) is 42.5 Å². The Balaban J connectivity index is 1.89. The Kier molecular flexibility index (Phi) is 3.98. The molecule has 2 aromatic carbocycles. The van der Waals surface area contributed by atoms with Crippen molar-refractivity contribution in [1.82, 2.24) is 0 Å². The van der Waals surface area contributed by atoms with E-state index in [4.69, 9.17) is 4.74 Å². The molecular weight excluding hydrogens is 260 g/mol. The van der Waals surface area contributed by atoms with Gasteiger partial charge in [-0.2, -0.15) is 0 Å². The summed E-state index contributed by atoms with van der Waals surface area (Å²) < 4.78 is 5.78. The van der Waals surface area contributed by atoms with E-state index in [-0.39, 0.29) is 0 Å². The Morgan fingerprint density at radius 1 is 1.00 bits per heavy atom. The highest BCUT2D eigenvalue weighted by atomic mass is 16.5. The van der Waals surface area contributed by atoms with Gasteiger partial charge in [-0.3, -0.25) is 0 Å². The van der Waals surface area contributed by atoms with Crippen molar-refractivity contribution in [2.24, 2.45) is 0 Å². The average Bonchev–Trinajstić information content (AvgIpc) is 3.33. The van der Waals surface area contributed by atoms with Gasteiger partial charge in [0.1, 0.15) is 11.4 Å². The van der Waals surface area contributed by atoms with Crippen molar-refractivity contribution < 1.29 is 9.84 Å². The van der Waals surface area contributed by atoms with Crippen LogP contribution >= 0.6 is 0 Å². The van der Waals surface area contributed by atoms with E-state index in [0.717, 1.165) is 36.1 Å². The van der Waals surface area contributed by atoms with E-state index in [1.807, 2.05) is 54.6 Å². The summed E-state index contributed by atoms with van der Waals surface area (Å²) in [5.74, 6) is 0.896. The lowest BCUT2D eigenvalue weighted by Gasteiger charge is -2.29. The maximum atomic E-state index is 11.2. The molecule has 2 heteroatoms. The van der Waals surface area contributed by atoms with Crippen molar-refractivity contribution >= 4 is 0 Å². The van der Waals surface area contributed by atoms with Gasteiger partial charge >= 0.3 is 0 Å². The summed E-state index contributed by atoms with van der Waals surface area (Å²) in [5.41, 5.74) is 0.954. The van der Waals surface area contributed by atoms with Gasteiger partial charge in [-0.15, -0.1) is 0 Å². The molecule has 0 aliphatic heterocycles. The Labute approximate surface area is 126 Å². The van der Waals surface area contributed by atoms with Gasteiger partial charge < -0.3 is 9.84 Å². The Hall–Kier alpha value is -1.80. The molecule has 110 valence electrons. The predicted molar refractivity (Wildman–Crippen MR) is 84.4 cm³/mol. The second-order valence-electron chi connectivity index (χ2n) is 5.82. The highest BCUT2D eigenvalue weighted by molar-refractivity contribution is 5.38. The largest absolute Gasteiger partial charge is 0.490 e. The van der Waals surface area contributed by atoms with Gasteiger partial charge in [0.2, 0.25) is 0 Å². The van der Waals surface area contributed by atoms with Crippen molar-refractivity contribution in [3.63, 3.8) is 0 Å². The molecule has 0 heterocycles. The van der Waals surface area contributed by atoms with E-state index >= 15 is 0 Å². The topological polar surface area (TPSA) is 29.5 Å². The van der Waals surface area contributed by atoms with Gasteiger partial charge in [-0.1, -0.05) is 55.8 Å². The molecule has 2 aromatic rings. The van der Waals surface area contributed by atoms with Crippen molar-refractivity contribution in [2.75, 3.05) is 0 Å². The summed E-state index contributed by atoms with van der Waals surface area (Å²) in [6.07, 6.45) is 4.35. The fourth-order valence-electron chi connectivity index (χ4n) is 2.72. The summed E-state index contributed by atoms with van der Waals surface area (Å²) in [6, 6.07) is 17.8. The second kappa shape index (κ2) is 5.90. The maximum absolute atomic E-state index is 11.2. The van der Waals surface area contributed by atoms with Crippen LogP contribution in [0.5, 0.6) is 5.75 Å². The number of rotatable bonds is 6. The molecule has 1 saturated carbocycles. The first-order chi connectivity index (χ1) is 10.2. The SMILES string of the molecule is CCCC(O)(c1ccccc1)c1ccc(OC2CC2)cc1. The van der Waals surface area contributed by atoms with Gasteiger partial charge in [0, 0.05) is 0 Å². The molecule has 1 fully saturated rings. The molecule has 0 aromatic heterocycles. The lowest BCUT2D eigenvalue weighted by atomic mass is 9.83. The molecule has 1 unspecified atom stereocenters. The van der Waals surface area contributed by atoms with Gasteiger partial charge in [-0.25, -0.2) is 0 Å². The van der Waals surface area contributed by atoms with E-state index in [9.17, 15) is 5.11 Å². The number of benzene rings is 2. The van der Waals surface area contributed by atoms with E-state index in [2.05, 4.69) is 6.92 Å². The zero-order valence-electron chi connectivity index (χ0n) is 12.5. The monoisotopic (exact) mass is 282 g/mol. The number of hydrogen-bond donors (Lipinski definition) is 1. The van der Waals surface area contributed by atoms with Crippen molar-refractivity contribution in [1.29, 1.82) is 0 Å². The molecule has 3 rings (SSSR count). The van der Waals surface area contributed by atoms with Gasteiger partial charge in [0.05, 0.1) is 6.10 Å². The normalized spacial score (nSPS) is 17.2. The van der Waals surface area contributed by atoms with Crippen molar-refractivity contribution in [2.45, 2.75) is 44.3 Å². The molecular formula is C19H22O2. The summed E-state index contributed by atoms with van der Waals surface area (Å²) >= 11 is 0. The minimum Gasteiger partial charge on any atom is -0.490 e. The summed E-state index contributed by atoms with van der Waals surface area (Å²) in [5, 5.41) is 11.2. The molecule has 1 N–H and O–H groups in total. The lowest BCUT2D eigenvalue weighted by Crippen LogP contribution is -2.27. The standard InChI is InChI=1S/C19H22O2/c1-2-14-19(20,15-6-4-3-5-7-15)16-8-10-17(11-9-16)21-18-12-13-18/h3-11,18,20H,2,12-14H2,1H3. The first-order valence-electron chi connectivity index (χ1n) is 7.77. The Bertz CT molecular complexity index is 572. The third-order valence-corrected chi connectivity index (χ3v) is 4.02. The first kappa shape index (κ1) is 14.2. The van der Waals surface area contributed by atoms with Crippen LogP contribution < -0.4 is 4.74 Å². The minimum absolute atomic E-state index is 0.402. The average molecular weight is 282 g/mol. The van der Waals surface area contributed by atoms with Crippen LogP contribution in [-0.2, 0) is 5.60 Å². The minimum atomic E-state index is -0.922. The van der Waals surface area contributed by atoms with Crippen LogP contribution in [0.25, 0.3) is 0 Å². The smallest absolute Gasteiger partial charge is 0.119 e. The van der Waals surface area contributed by atoms with Crippen LogP contribution in [0.1, 0.15) is 43.7 Å². The fourth-order valence-corrected chi connectivity index (χ4v) is 2.72. The number of aliphatic hydroxyl groups is 1. The van der Waals surface area contributed by atoms with Crippen molar-refractivity contribution in [3.05, 3.63) is 65.7 Å². The molecule has 0 amide bonds. The zero-order valence-corrected chi connectivity index (χ0v) is 12.5. The van der Waals surface area contributed by atoms with Crippen LogP contribution in [0, 0.1) is 0 Å². The third kappa shape index (κ3) is 3.11. The predicted octanol–water partition coefficient (Wildman–Crippen LogP) is 4.26. The summed E-state index contributed by atoms with van der Waals surface area (Å²) in [4.78, 5) is 0. The van der Waals surface area contributed by atoms with Crippen LogP contribution in [0.2, 0.25) is 0 Å².